The molecule has 0 aliphatic heterocycles. The van der Waals surface area contributed by atoms with Crippen molar-refractivity contribution in [2.24, 2.45) is 10.2 Å². The van der Waals surface area contributed by atoms with Crippen LogP contribution >= 0.6 is 46.4 Å². The lowest BCUT2D eigenvalue weighted by atomic mass is 10.3. The fourth-order valence-electron chi connectivity index (χ4n) is 1.08. The molecule has 0 radical (unpaired) electrons. The van der Waals surface area contributed by atoms with E-state index in [0.29, 0.717) is 5.02 Å². The van der Waals surface area contributed by atoms with Crippen LogP contribution in [0.2, 0.25) is 15.1 Å². The SMILES string of the molecule is CCOC(=O)C(C)(Cl)N=Nc1c(Cl)cc(Cl)cc1Cl. The third-order valence-corrected chi connectivity index (χ3v) is 2.99. The summed E-state index contributed by atoms with van der Waals surface area (Å²) in [6.45, 7) is 3.21. The zero-order chi connectivity index (χ0) is 14.6. The minimum atomic E-state index is -1.64. The lowest BCUT2D eigenvalue weighted by molar-refractivity contribution is -0.145. The van der Waals surface area contributed by atoms with Crippen molar-refractivity contribution >= 4 is 58.1 Å². The number of alkyl halides is 1. The zero-order valence-corrected chi connectivity index (χ0v) is 13.1. The number of halogens is 4. The normalized spacial score (nSPS) is 14.4. The van der Waals surface area contributed by atoms with E-state index in [0.717, 1.165) is 0 Å². The van der Waals surface area contributed by atoms with Crippen molar-refractivity contribution in [1.82, 2.24) is 0 Å². The van der Waals surface area contributed by atoms with Gasteiger partial charge in [-0.2, -0.15) is 10.2 Å². The van der Waals surface area contributed by atoms with Gasteiger partial charge in [-0.15, -0.1) is 0 Å². The summed E-state index contributed by atoms with van der Waals surface area (Å²) in [6.07, 6.45) is 0. The van der Waals surface area contributed by atoms with Gasteiger partial charge in [-0.05, 0) is 26.0 Å². The van der Waals surface area contributed by atoms with Crippen molar-refractivity contribution in [2.45, 2.75) is 18.8 Å². The molecule has 1 aromatic carbocycles. The largest absolute Gasteiger partial charge is 0.463 e. The topological polar surface area (TPSA) is 51.0 Å². The maximum absolute atomic E-state index is 11.5. The van der Waals surface area contributed by atoms with E-state index < -0.39 is 11.0 Å². The number of esters is 1. The molecule has 0 spiro atoms. The molecular weight excluding hydrogens is 334 g/mol. The summed E-state index contributed by atoms with van der Waals surface area (Å²) >= 11 is 23.5. The van der Waals surface area contributed by atoms with Gasteiger partial charge < -0.3 is 4.74 Å². The molecule has 0 amide bonds. The highest BCUT2D eigenvalue weighted by Crippen LogP contribution is 2.37. The van der Waals surface area contributed by atoms with Crippen molar-refractivity contribution in [3.8, 4) is 0 Å². The smallest absolute Gasteiger partial charge is 0.351 e. The fraction of sp³-hybridized carbons (Fsp3) is 0.364. The Morgan fingerprint density at radius 3 is 2.32 bits per heavy atom. The van der Waals surface area contributed by atoms with Crippen molar-refractivity contribution in [2.75, 3.05) is 6.61 Å². The molecule has 1 unspecified atom stereocenters. The molecule has 8 heteroatoms. The van der Waals surface area contributed by atoms with Gasteiger partial charge in [-0.25, -0.2) is 4.79 Å². The standard InChI is InChI=1S/C11H10Cl4N2O2/c1-3-19-10(18)11(2,15)17-16-9-7(13)4-6(12)5-8(9)14/h4-5H,3H2,1-2H3. The number of ether oxygens (including phenoxy) is 1. The number of benzene rings is 1. The van der Waals surface area contributed by atoms with Crippen molar-refractivity contribution in [3.05, 3.63) is 27.2 Å². The minimum absolute atomic E-state index is 0.184. The molecule has 0 aliphatic carbocycles. The molecule has 0 saturated heterocycles. The zero-order valence-electron chi connectivity index (χ0n) is 10.1. The molecule has 0 aromatic heterocycles. The summed E-state index contributed by atoms with van der Waals surface area (Å²) in [7, 11) is 0. The maximum atomic E-state index is 11.5. The summed E-state index contributed by atoms with van der Waals surface area (Å²) in [5.74, 6) is -0.707. The van der Waals surface area contributed by atoms with Crippen LogP contribution in [0.15, 0.2) is 22.4 Å². The van der Waals surface area contributed by atoms with Gasteiger partial charge in [0.15, 0.2) is 0 Å². The Hall–Kier alpha value is -0.550. The minimum Gasteiger partial charge on any atom is -0.463 e. The van der Waals surface area contributed by atoms with Gasteiger partial charge in [-0.1, -0.05) is 46.4 Å². The molecule has 0 N–H and O–H groups in total. The Labute approximate surface area is 130 Å². The van der Waals surface area contributed by atoms with Crippen LogP contribution in [0.4, 0.5) is 5.69 Å². The van der Waals surface area contributed by atoms with E-state index >= 15 is 0 Å². The highest BCUT2D eigenvalue weighted by Gasteiger charge is 2.32. The lowest BCUT2D eigenvalue weighted by Gasteiger charge is -2.13. The average molecular weight is 344 g/mol. The van der Waals surface area contributed by atoms with Crippen LogP contribution in [0.3, 0.4) is 0 Å². The molecule has 19 heavy (non-hydrogen) atoms. The Kier molecular flexibility index (Phi) is 5.86. The van der Waals surface area contributed by atoms with Crippen LogP contribution in [0.25, 0.3) is 0 Å². The van der Waals surface area contributed by atoms with Crippen LogP contribution in [0.1, 0.15) is 13.8 Å². The van der Waals surface area contributed by atoms with Crippen LogP contribution in [-0.2, 0) is 9.53 Å². The van der Waals surface area contributed by atoms with Gasteiger partial charge in [0.05, 0.1) is 16.7 Å². The van der Waals surface area contributed by atoms with E-state index in [-0.39, 0.29) is 22.3 Å². The Morgan fingerprint density at radius 1 is 1.32 bits per heavy atom. The van der Waals surface area contributed by atoms with Crippen LogP contribution < -0.4 is 0 Å². The third kappa shape index (κ3) is 4.49. The highest BCUT2D eigenvalue weighted by molar-refractivity contribution is 6.41. The molecular formula is C11H10Cl4N2O2. The second-order valence-corrected chi connectivity index (χ2v) is 5.58. The van der Waals surface area contributed by atoms with E-state index in [9.17, 15) is 4.79 Å². The Balaban J connectivity index is 3.02. The van der Waals surface area contributed by atoms with Gasteiger partial charge >= 0.3 is 5.97 Å². The summed E-state index contributed by atoms with van der Waals surface area (Å²) in [6, 6.07) is 2.92. The number of rotatable bonds is 4. The molecule has 4 nitrogen and oxygen atoms in total. The van der Waals surface area contributed by atoms with Crippen molar-refractivity contribution < 1.29 is 9.53 Å². The number of carbonyl (C=O) groups excluding carboxylic acids is 1. The van der Waals surface area contributed by atoms with Crippen molar-refractivity contribution in [1.29, 1.82) is 0 Å². The second-order valence-electron chi connectivity index (χ2n) is 3.59. The van der Waals surface area contributed by atoms with E-state index in [1.54, 1.807) is 6.92 Å². The van der Waals surface area contributed by atoms with Gasteiger partial charge in [-0.3, -0.25) is 0 Å². The Bertz CT molecular complexity index is 494. The summed E-state index contributed by atoms with van der Waals surface area (Å²) < 4.78 is 4.76. The third-order valence-electron chi connectivity index (χ3n) is 1.97. The second kappa shape index (κ2) is 6.75. The molecule has 0 aliphatic rings. The molecule has 1 atom stereocenters. The summed E-state index contributed by atoms with van der Waals surface area (Å²) in [5, 5.41) is 8.27. The van der Waals surface area contributed by atoms with Crippen molar-refractivity contribution in [3.63, 3.8) is 0 Å². The van der Waals surface area contributed by atoms with E-state index in [4.69, 9.17) is 51.1 Å². The predicted molar refractivity (Wildman–Crippen MR) is 76.9 cm³/mol. The molecule has 0 saturated carbocycles. The van der Waals surface area contributed by atoms with E-state index in [2.05, 4.69) is 10.2 Å². The van der Waals surface area contributed by atoms with Crippen LogP contribution in [0, 0.1) is 0 Å². The first-order valence-corrected chi connectivity index (χ1v) is 6.72. The van der Waals surface area contributed by atoms with Gasteiger partial charge in [0.25, 0.3) is 0 Å². The van der Waals surface area contributed by atoms with Crippen LogP contribution in [0.5, 0.6) is 0 Å². The molecule has 104 valence electrons. The van der Waals surface area contributed by atoms with Crippen LogP contribution in [-0.4, -0.2) is 17.6 Å². The number of hydrogen-bond donors (Lipinski definition) is 0. The highest BCUT2D eigenvalue weighted by atomic mass is 35.5. The summed E-state index contributed by atoms with van der Waals surface area (Å²) in [5.41, 5.74) is 0.184. The van der Waals surface area contributed by atoms with Gasteiger partial charge in [0, 0.05) is 5.02 Å². The monoisotopic (exact) mass is 342 g/mol. The Morgan fingerprint density at radius 2 is 1.84 bits per heavy atom. The fourth-order valence-corrected chi connectivity index (χ4v) is 2.06. The molecule has 0 bridgehead atoms. The first kappa shape index (κ1) is 16.5. The van der Waals surface area contributed by atoms with E-state index in [1.807, 2.05) is 0 Å². The first-order chi connectivity index (χ1) is 8.77. The number of carbonyl (C=O) groups is 1. The average Bonchev–Trinajstić information content (AvgIpc) is 2.27. The first-order valence-electron chi connectivity index (χ1n) is 5.21. The predicted octanol–water partition coefficient (Wildman–Crippen LogP) is 5.25. The molecule has 0 fully saturated rings. The number of hydrogen-bond acceptors (Lipinski definition) is 4. The molecule has 1 aromatic rings. The number of azo groups is 1. The lowest BCUT2D eigenvalue weighted by Crippen LogP contribution is -2.28. The molecule has 1 rings (SSSR count). The maximum Gasteiger partial charge on any atom is 0.351 e. The summed E-state index contributed by atoms with van der Waals surface area (Å²) in [4.78, 5) is 9.88. The quantitative estimate of drug-likeness (QED) is 0.324. The van der Waals surface area contributed by atoms with E-state index in [1.165, 1.54) is 19.1 Å². The van der Waals surface area contributed by atoms with Gasteiger partial charge in [0.1, 0.15) is 5.69 Å². The number of nitrogens with zero attached hydrogens (tertiary/aromatic N) is 2. The van der Waals surface area contributed by atoms with Gasteiger partial charge in [0.2, 0.25) is 5.00 Å². The molecule has 0 heterocycles.